The highest BCUT2D eigenvalue weighted by molar-refractivity contribution is 6.08. The van der Waals surface area contributed by atoms with Gasteiger partial charge in [0.1, 0.15) is 5.75 Å². The van der Waals surface area contributed by atoms with Gasteiger partial charge in [0, 0.05) is 23.5 Å². The van der Waals surface area contributed by atoms with Gasteiger partial charge in [0.15, 0.2) is 0 Å². The third kappa shape index (κ3) is 3.43. The molecule has 0 aliphatic carbocycles. The normalized spacial score (nSPS) is 15.1. The monoisotopic (exact) mass is 374 g/mol. The van der Waals surface area contributed by atoms with E-state index in [1.54, 1.807) is 0 Å². The molecule has 1 N–H and O–H groups in total. The van der Waals surface area contributed by atoms with Crippen molar-refractivity contribution in [2.24, 2.45) is 0 Å². The van der Waals surface area contributed by atoms with Gasteiger partial charge in [-0.25, -0.2) is 0 Å². The molecule has 0 saturated carbocycles. The summed E-state index contributed by atoms with van der Waals surface area (Å²) in [5.41, 5.74) is 2.92. The van der Waals surface area contributed by atoms with E-state index in [2.05, 4.69) is 5.32 Å². The van der Waals surface area contributed by atoms with Gasteiger partial charge in [-0.15, -0.1) is 0 Å². The molecular formula is C23H22N2O3. The minimum atomic E-state index is -0.260. The zero-order valence-corrected chi connectivity index (χ0v) is 15.7. The summed E-state index contributed by atoms with van der Waals surface area (Å²) in [6.45, 7) is 3.20. The van der Waals surface area contributed by atoms with Crippen LogP contribution in [0.5, 0.6) is 5.75 Å². The molecule has 0 spiro atoms. The van der Waals surface area contributed by atoms with Crippen molar-refractivity contribution in [1.29, 1.82) is 0 Å². The van der Waals surface area contributed by atoms with E-state index in [0.717, 1.165) is 17.1 Å². The van der Waals surface area contributed by atoms with E-state index in [4.69, 9.17) is 4.74 Å². The van der Waals surface area contributed by atoms with Crippen LogP contribution in [0.2, 0.25) is 0 Å². The molecule has 0 unspecified atom stereocenters. The Labute approximate surface area is 163 Å². The first-order valence-corrected chi connectivity index (χ1v) is 9.50. The van der Waals surface area contributed by atoms with Crippen LogP contribution in [0.25, 0.3) is 0 Å². The van der Waals surface area contributed by atoms with E-state index in [1.807, 2.05) is 78.2 Å². The Morgan fingerprint density at radius 2 is 1.79 bits per heavy atom. The number of benzene rings is 2. The van der Waals surface area contributed by atoms with Crippen molar-refractivity contribution in [2.75, 3.05) is 11.9 Å². The molecule has 0 fully saturated rings. The summed E-state index contributed by atoms with van der Waals surface area (Å²) in [5.74, 6) is 0.447. The van der Waals surface area contributed by atoms with Crippen molar-refractivity contribution >= 4 is 17.4 Å². The van der Waals surface area contributed by atoms with Crippen LogP contribution >= 0.6 is 0 Å². The number of fused-ring (bicyclic) bond motifs is 1. The zero-order valence-electron chi connectivity index (χ0n) is 15.7. The number of hydrogen-bond donors (Lipinski definition) is 1. The molecule has 2 aromatic carbocycles. The van der Waals surface area contributed by atoms with Gasteiger partial charge in [-0.05, 0) is 49.7 Å². The van der Waals surface area contributed by atoms with Crippen LogP contribution in [0.3, 0.4) is 0 Å². The maximum atomic E-state index is 12.8. The number of carbonyl (C=O) groups is 2. The molecule has 1 atom stereocenters. The minimum Gasteiger partial charge on any atom is -0.494 e. The Morgan fingerprint density at radius 3 is 2.50 bits per heavy atom. The topological polar surface area (TPSA) is 60.3 Å². The maximum Gasteiger partial charge on any atom is 0.233 e. The standard InChI is InChI=1S/C23H22N2O3/c1-2-28-18-10-8-17(9-11-18)24-23(27)19-14-15-25-20(19)12-13-21(25)22(26)16-6-4-3-5-7-16/h3-13,19H,2,14-15H2,1H3,(H,24,27)/t19-/m0/s1. The molecule has 28 heavy (non-hydrogen) atoms. The van der Waals surface area contributed by atoms with Gasteiger partial charge in [-0.1, -0.05) is 30.3 Å². The summed E-state index contributed by atoms with van der Waals surface area (Å²) < 4.78 is 7.40. The van der Waals surface area contributed by atoms with Gasteiger partial charge in [0.25, 0.3) is 0 Å². The molecule has 1 aliphatic heterocycles. The van der Waals surface area contributed by atoms with Crippen LogP contribution in [-0.2, 0) is 11.3 Å². The Bertz CT molecular complexity index is 990. The van der Waals surface area contributed by atoms with Crippen LogP contribution in [-0.4, -0.2) is 22.9 Å². The van der Waals surface area contributed by atoms with Crippen LogP contribution in [0.4, 0.5) is 5.69 Å². The molecule has 0 radical (unpaired) electrons. The number of rotatable bonds is 6. The first-order valence-electron chi connectivity index (χ1n) is 9.50. The Balaban J connectivity index is 1.50. The molecule has 0 saturated heterocycles. The molecule has 3 aromatic rings. The van der Waals surface area contributed by atoms with Crippen LogP contribution in [0.1, 0.15) is 41.0 Å². The van der Waals surface area contributed by atoms with Crippen molar-refractivity contribution in [3.8, 4) is 5.75 Å². The predicted molar refractivity (Wildman–Crippen MR) is 108 cm³/mol. The van der Waals surface area contributed by atoms with E-state index in [0.29, 0.717) is 30.8 Å². The molecule has 5 nitrogen and oxygen atoms in total. The second-order valence-corrected chi connectivity index (χ2v) is 6.78. The van der Waals surface area contributed by atoms with E-state index in [-0.39, 0.29) is 17.6 Å². The molecule has 0 bridgehead atoms. The highest BCUT2D eigenvalue weighted by Gasteiger charge is 2.32. The Kier molecular flexibility index (Phi) is 4.98. The zero-order chi connectivity index (χ0) is 19.5. The average Bonchev–Trinajstić information content (AvgIpc) is 3.32. The Hall–Kier alpha value is -3.34. The van der Waals surface area contributed by atoms with Crippen molar-refractivity contribution in [3.05, 3.63) is 83.7 Å². The SMILES string of the molecule is CCOc1ccc(NC(=O)[C@H]2CCn3c(C(=O)c4ccccc4)ccc32)cc1. The van der Waals surface area contributed by atoms with Crippen molar-refractivity contribution in [2.45, 2.75) is 25.8 Å². The molecule has 1 aliphatic rings. The van der Waals surface area contributed by atoms with Crippen molar-refractivity contribution < 1.29 is 14.3 Å². The van der Waals surface area contributed by atoms with Crippen LogP contribution in [0, 0.1) is 0 Å². The molecule has 5 heteroatoms. The lowest BCUT2D eigenvalue weighted by molar-refractivity contribution is -0.117. The van der Waals surface area contributed by atoms with E-state index < -0.39 is 0 Å². The van der Waals surface area contributed by atoms with Gasteiger partial charge in [-0.3, -0.25) is 9.59 Å². The highest BCUT2D eigenvalue weighted by atomic mass is 16.5. The summed E-state index contributed by atoms with van der Waals surface area (Å²) in [6.07, 6.45) is 0.689. The fraction of sp³-hybridized carbons (Fsp3) is 0.217. The lowest BCUT2D eigenvalue weighted by Crippen LogP contribution is -2.19. The summed E-state index contributed by atoms with van der Waals surface area (Å²) >= 11 is 0. The van der Waals surface area contributed by atoms with Crippen molar-refractivity contribution in [3.63, 3.8) is 0 Å². The molecule has 1 aromatic heterocycles. The predicted octanol–water partition coefficient (Wildman–Crippen LogP) is 4.24. The molecule has 2 heterocycles. The number of nitrogens with one attached hydrogen (secondary N) is 1. The first kappa shape index (κ1) is 18.0. The summed E-state index contributed by atoms with van der Waals surface area (Å²) in [7, 11) is 0. The highest BCUT2D eigenvalue weighted by Crippen LogP contribution is 2.32. The molecule has 1 amide bonds. The smallest absolute Gasteiger partial charge is 0.233 e. The second-order valence-electron chi connectivity index (χ2n) is 6.78. The van der Waals surface area contributed by atoms with E-state index >= 15 is 0 Å². The molecule has 4 rings (SSSR count). The molecule has 142 valence electrons. The number of amides is 1. The van der Waals surface area contributed by atoms with Gasteiger partial charge in [-0.2, -0.15) is 0 Å². The largest absolute Gasteiger partial charge is 0.494 e. The number of ketones is 1. The maximum absolute atomic E-state index is 12.8. The van der Waals surface area contributed by atoms with Gasteiger partial charge < -0.3 is 14.6 Å². The summed E-state index contributed by atoms with van der Waals surface area (Å²) in [5, 5.41) is 2.97. The van der Waals surface area contributed by atoms with E-state index in [1.165, 1.54) is 0 Å². The van der Waals surface area contributed by atoms with Crippen LogP contribution in [0.15, 0.2) is 66.7 Å². The summed E-state index contributed by atoms with van der Waals surface area (Å²) in [4.78, 5) is 25.6. The van der Waals surface area contributed by atoms with Gasteiger partial charge in [0.2, 0.25) is 11.7 Å². The van der Waals surface area contributed by atoms with Gasteiger partial charge in [0.05, 0.1) is 18.2 Å². The molecular weight excluding hydrogens is 352 g/mol. The third-order valence-electron chi connectivity index (χ3n) is 5.03. The third-order valence-corrected chi connectivity index (χ3v) is 5.03. The fourth-order valence-corrected chi connectivity index (χ4v) is 3.67. The average molecular weight is 374 g/mol. The number of anilines is 1. The van der Waals surface area contributed by atoms with Crippen molar-refractivity contribution in [1.82, 2.24) is 4.57 Å². The number of carbonyl (C=O) groups excluding carboxylic acids is 2. The quantitative estimate of drug-likeness (QED) is 0.657. The first-order chi connectivity index (χ1) is 13.7. The lowest BCUT2D eigenvalue weighted by Gasteiger charge is -2.11. The summed E-state index contributed by atoms with van der Waals surface area (Å²) in [6, 6.07) is 20.3. The number of nitrogens with zero attached hydrogens (tertiary/aromatic N) is 1. The minimum absolute atomic E-state index is 0.0144. The van der Waals surface area contributed by atoms with E-state index in [9.17, 15) is 9.59 Å². The number of aromatic nitrogens is 1. The lowest BCUT2D eigenvalue weighted by atomic mass is 10.0. The Morgan fingerprint density at radius 1 is 1.04 bits per heavy atom. The second kappa shape index (κ2) is 7.72. The fourth-order valence-electron chi connectivity index (χ4n) is 3.67. The van der Waals surface area contributed by atoms with Gasteiger partial charge >= 0.3 is 0 Å². The van der Waals surface area contributed by atoms with Crippen LogP contribution < -0.4 is 10.1 Å². The number of ether oxygens (including phenoxy) is 1. The number of hydrogen-bond acceptors (Lipinski definition) is 3.